The minimum Gasteiger partial charge on any atom is -0.495 e. The molecule has 1 atom stereocenters. The van der Waals surface area contributed by atoms with Gasteiger partial charge in [0.2, 0.25) is 10.0 Å². The summed E-state index contributed by atoms with van der Waals surface area (Å²) >= 11 is 0. The maximum atomic E-state index is 12.8. The number of carbonyl (C=O) groups is 2. The van der Waals surface area contributed by atoms with E-state index in [1.807, 2.05) is 0 Å². The Morgan fingerprint density at radius 1 is 1.21 bits per heavy atom. The summed E-state index contributed by atoms with van der Waals surface area (Å²) in [5.74, 6) is -1.16. The van der Waals surface area contributed by atoms with Gasteiger partial charge < -0.3 is 19.5 Å². The lowest BCUT2D eigenvalue weighted by Crippen LogP contribution is -2.38. The molecule has 1 aromatic carbocycles. The zero-order valence-electron chi connectivity index (χ0n) is 16.9. The Hall–Kier alpha value is -2.17. The first-order chi connectivity index (χ1) is 13.8. The molecule has 1 fully saturated rings. The van der Waals surface area contributed by atoms with E-state index in [0.717, 1.165) is 25.7 Å². The largest absolute Gasteiger partial charge is 0.495 e. The van der Waals surface area contributed by atoms with E-state index in [4.69, 9.17) is 14.2 Å². The number of hydrogen-bond acceptors (Lipinski definition) is 7. The van der Waals surface area contributed by atoms with Gasteiger partial charge in [0.25, 0.3) is 5.91 Å². The number of rotatable bonds is 10. The van der Waals surface area contributed by atoms with Gasteiger partial charge in [-0.25, -0.2) is 17.9 Å². The fourth-order valence-electron chi connectivity index (χ4n) is 3.16. The van der Waals surface area contributed by atoms with Crippen LogP contribution < -0.4 is 14.8 Å². The SMILES string of the molecule is COCC(C)NC(=O)COC(=O)c1ccc(OC)c(S(=O)(=O)NC2CCCC2)c1. The fraction of sp³-hybridized carbons (Fsp3) is 0.579. The molecule has 1 aromatic rings. The van der Waals surface area contributed by atoms with Crippen molar-refractivity contribution in [3.05, 3.63) is 23.8 Å². The van der Waals surface area contributed by atoms with Crippen LogP contribution in [0.15, 0.2) is 23.1 Å². The van der Waals surface area contributed by atoms with Gasteiger partial charge in [-0.15, -0.1) is 0 Å². The Morgan fingerprint density at radius 3 is 2.52 bits per heavy atom. The van der Waals surface area contributed by atoms with Crippen LogP contribution in [0.3, 0.4) is 0 Å². The standard InChI is InChI=1S/C19H28N2O7S/c1-13(11-26-2)20-18(22)12-28-19(23)14-8-9-16(27-3)17(10-14)29(24,25)21-15-6-4-5-7-15/h8-10,13,15,21H,4-7,11-12H2,1-3H3,(H,20,22). The Bertz CT molecular complexity index is 820. The first-order valence-corrected chi connectivity index (χ1v) is 10.9. The maximum Gasteiger partial charge on any atom is 0.338 e. The lowest BCUT2D eigenvalue weighted by molar-refractivity contribution is -0.125. The molecule has 0 heterocycles. The highest BCUT2D eigenvalue weighted by Gasteiger charge is 2.27. The maximum absolute atomic E-state index is 12.8. The molecule has 1 unspecified atom stereocenters. The smallest absolute Gasteiger partial charge is 0.338 e. The van der Waals surface area contributed by atoms with Crippen molar-refractivity contribution in [1.29, 1.82) is 0 Å². The van der Waals surface area contributed by atoms with E-state index in [0.29, 0.717) is 6.61 Å². The molecule has 1 aliphatic carbocycles. The van der Waals surface area contributed by atoms with Crippen molar-refractivity contribution in [2.24, 2.45) is 0 Å². The van der Waals surface area contributed by atoms with E-state index in [2.05, 4.69) is 10.0 Å². The monoisotopic (exact) mass is 428 g/mol. The molecule has 2 rings (SSSR count). The summed E-state index contributed by atoms with van der Waals surface area (Å²) in [4.78, 5) is 24.0. The van der Waals surface area contributed by atoms with Crippen molar-refractivity contribution < 1.29 is 32.2 Å². The Labute approximate surface area is 171 Å². The van der Waals surface area contributed by atoms with Crippen LogP contribution in [-0.2, 0) is 24.3 Å². The van der Waals surface area contributed by atoms with Crippen molar-refractivity contribution in [3.8, 4) is 5.75 Å². The second-order valence-corrected chi connectivity index (χ2v) is 8.65. The van der Waals surface area contributed by atoms with E-state index in [1.54, 1.807) is 6.92 Å². The number of carbonyl (C=O) groups excluding carboxylic acids is 2. The highest BCUT2D eigenvalue weighted by molar-refractivity contribution is 7.89. The molecule has 0 saturated heterocycles. The van der Waals surface area contributed by atoms with E-state index in [-0.39, 0.29) is 28.3 Å². The fourth-order valence-corrected chi connectivity index (χ4v) is 4.66. The molecule has 10 heteroatoms. The van der Waals surface area contributed by atoms with Crippen LogP contribution in [0.5, 0.6) is 5.75 Å². The number of amides is 1. The number of benzene rings is 1. The topological polar surface area (TPSA) is 120 Å². The van der Waals surface area contributed by atoms with Crippen LogP contribution in [0.4, 0.5) is 0 Å². The summed E-state index contributed by atoms with van der Waals surface area (Å²) in [5.41, 5.74) is 0.00957. The summed E-state index contributed by atoms with van der Waals surface area (Å²) < 4.78 is 43.3. The van der Waals surface area contributed by atoms with Crippen molar-refractivity contribution in [3.63, 3.8) is 0 Å². The van der Waals surface area contributed by atoms with Gasteiger partial charge in [-0.3, -0.25) is 4.79 Å². The second-order valence-electron chi connectivity index (χ2n) is 6.97. The molecular weight excluding hydrogens is 400 g/mol. The first kappa shape index (κ1) is 23.1. The summed E-state index contributed by atoms with van der Waals surface area (Å²) in [6.45, 7) is 1.59. The van der Waals surface area contributed by atoms with Crippen LogP contribution in [0.2, 0.25) is 0 Å². The summed E-state index contributed by atoms with van der Waals surface area (Å²) in [5, 5.41) is 2.61. The minimum absolute atomic E-state index is 0.00957. The van der Waals surface area contributed by atoms with Crippen LogP contribution in [-0.4, -0.2) is 59.8 Å². The number of methoxy groups -OCH3 is 2. The molecule has 29 heavy (non-hydrogen) atoms. The molecule has 162 valence electrons. The Kier molecular flexibility index (Phi) is 8.42. The lowest BCUT2D eigenvalue weighted by atomic mass is 10.2. The molecule has 0 bridgehead atoms. The first-order valence-electron chi connectivity index (χ1n) is 9.42. The molecule has 2 N–H and O–H groups in total. The average molecular weight is 429 g/mol. The predicted molar refractivity (Wildman–Crippen MR) is 105 cm³/mol. The molecule has 0 aliphatic heterocycles. The molecule has 0 radical (unpaired) electrons. The zero-order chi connectivity index (χ0) is 21.4. The van der Waals surface area contributed by atoms with Gasteiger partial charge >= 0.3 is 5.97 Å². The molecule has 1 amide bonds. The van der Waals surface area contributed by atoms with Crippen molar-refractivity contribution in [2.75, 3.05) is 27.4 Å². The zero-order valence-corrected chi connectivity index (χ0v) is 17.7. The molecule has 1 aliphatic rings. The second kappa shape index (κ2) is 10.6. The van der Waals surface area contributed by atoms with E-state index in [1.165, 1.54) is 32.4 Å². The van der Waals surface area contributed by atoms with Crippen molar-refractivity contribution in [2.45, 2.75) is 49.6 Å². The van der Waals surface area contributed by atoms with Gasteiger partial charge in [0, 0.05) is 19.2 Å². The third-order valence-electron chi connectivity index (χ3n) is 4.52. The van der Waals surface area contributed by atoms with Crippen molar-refractivity contribution >= 4 is 21.9 Å². The van der Waals surface area contributed by atoms with Crippen LogP contribution in [0.1, 0.15) is 43.0 Å². The predicted octanol–water partition coefficient (Wildman–Crippen LogP) is 1.22. The molecule has 9 nitrogen and oxygen atoms in total. The van der Waals surface area contributed by atoms with Gasteiger partial charge in [0.05, 0.1) is 19.3 Å². The van der Waals surface area contributed by atoms with Crippen LogP contribution in [0, 0.1) is 0 Å². The molecule has 0 aromatic heterocycles. The van der Waals surface area contributed by atoms with Gasteiger partial charge in [0.1, 0.15) is 10.6 Å². The number of hydrogen-bond donors (Lipinski definition) is 2. The Morgan fingerprint density at radius 2 is 1.90 bits per heavy atom. The molecule has 0 spiro atoms. The van der Waals surface area contributed by atoms with Crippen LogP contribution in [0.25, 0.3) is 0 Å². The minimum atomic E-state index is -3.87. The third-order valence-corrected chi connectivity index (χ3v) is 6.07. The van der Waals surface area contributed by atoms with Gasteiger partial charge in [-0.1, -0.05) is 12.8 Å². The lowest BCUT2D eigenvalue weighted by Gasteiger charge is -2.16. The quantitative estimate of drug-likeness (QED) is 0.538. The normalized spacial score (nSPS) is 15.7. The van der Waals surface area contributed by atoms with E-state index in [9.17, 15) is 18.0 Å². The summed E-state index contributed by atoms with van der Waals surface area (Å²) in [6, 6.07) is 3.62. The highest BCUT2D eigenvalue weighted by Crippen LogP contribution is 2.27. The molecule has 1 saturated carbocycles. The van der Waals surface area contributed by atoms with Crippen molar-refractivity contribution in [1.82, 2.24) is 10.0 Å². The number of esters is 1. The number of sulfonamides is 1. The number of nitrogens with one attached hydrogen (secondary N) is 2. The Balaban J connectivity index is 2.08. The summed E-state index contributed by atoms with van der Waals surface area (Å²) in [6.07, 6.45) is 3.50. The van der Waals surface area contributed by atoms with Gasteiger partial charge in [0.15, 0.2) is 6.61 Å². The third kappa shape index (κ3) is 6.69. The van der Waals surface area contributed by atoms with E-state index < -0.39 is 28.5 Å². The van der Waals surface area contributed by atoms with Gasteiger partial charge in [-0.2, -0.15) is 0 Å². The average Bonchev–Trinajstić information content (AvgIpc) is 3.18. The molecular formula is C19H28N2O7S. The van der Waals surface area contributed by atoms with Crippen LogP contribution >= 0.6 is 0 Å². The highest BCUT2D eigenvalue weighted by atomic mass is 32.2. The van der Waals surface area contributed by atoms with Gasteiger partial charge in [-0.05, 0) is 38.0 Å². The van der Waals surface area contributed by atoms with E-state index >= 15 is 0 Å². The summed E-state index contributed by atoms with van der Waals surface area (Å²) in [7, 11) is -1.00. The number of ether oxygens (including phenoxy) is 3.